The molecule has 7 heteroatoms. The van der Waals surface area contributed by atoms with Crippen LogP contribution in [0.3, 0.4) is 0 Å². The lowest BCUT2D eigenvalue weighted by molar-refractivity contribution is 0.0749. The third kappa shape index (κ3) is 3.67. The second-order valence-corrected chi connectivity index (χ2v) is 7.37. The Kier molecular flexibility index (Phi) is 4.06. The minimum absolute atomic E-state index is 0.0228. The Balaban J connectivity index is 1.58. The molecule has 0 amide bonds. The van der Waals surface area contributed by atoms with Gasteiger partial charge in [-0.15, -0.1) is 0 Å². The minimum atomic E-state index is -0.0485. The number of aromatic nitrogens is 5. The van der Waals surface area contributed by atoms with Crippen LogP contribution >= 0.6 is 0 Å². The van der Waals surface area contributed by atoms with Gasteiger partial charge in [0.2, 0.25) is 0 Å². The van der Waals surface area contributed by atoms with E-state index in [1.54, 1.807) is 21.7 Å². The van der Waals surface area contributed by atoms with Gasteiger partial charge in [-0.2, -0.15) is 20.1 Å². The molecule has 0 aromatic carbocycles. The zero-order valence-electron chi connectivity index (χ0n) is 14.2. The third-order valence-corrected chi connectivity index (χ3v) is 4.13. The molecule has 0 spiro atoms. The summed E-state index contributed by atoms with van der Waals surface area (Å²) in [6.07, 6.45) is 1.80. The molecule has 2 aromatic rings. The summed E-state index contributed by atoms with van der Waals surface area (Å²) in [5.41, 5.74) is 1.86. The van der Waals surface area contributed by atoms with Gasteiger partial charge in [0.05, 0.1) is 24.1 Å². The lowest BCUT2D eigenvalue weighted by Crippen LogP contribution is -2.49. The lowest BCUT2D eigenvalue weighted by Gasteiger charge is -2.38. The normalized spacial score (nSPS) is 16.5. The molecule has 1 aliphatic heterocycles. The molecule has 1 aliphatic rings. The second kappa shape index (κ2) is 5.88. The van der Waals surface area contributed by atoms with Crippen LogP contribution in [0.5, 0.6) is 0 Å². The summed E-state index contributed by atoms with van der Waals surface area (Å²) in [7, 11) is 1.82. The Hall–Kier alpha value is -2.02. The van der Waals surface area contributed by atoms with Crippen molar-refractivity contribution >= 4 is 0 Å². The average molecular weight is 316 g/mol. The van der Waals surface area contributed by atoms with E-state index in [0.29, 0.717) is 12.5 Å². The summed E-state index contributed by atoms with van der Waals surface area (Å²) in [6.45, 7) is 9.74. The van der Waals surface area contributed by atoms with Crippen LogP contribution in [0.15, 0.2) is 23.1 Å². The van der Waals surface area contributed by atoms with Gasteiger partial charge in [0.1, 0.15) is 0 Å². The Labute approximate surface area is 135 Å². The van der Waals surface area contributed by atoms with E-state index in [0.717, 1.165) is 31.0 Å². The van der Waals surface area contributed by atoms with Crippen molar-refractivity contribution in [2.75, 3.05) is 13.1 Å². The van der Waals surface area contributed by atoms with Gasteiger partial charge in [0.25, 0.3) is 5.56 Å². The average Bonchev–Trinajstić information content (AvgIpc) is 2.82. The monoisotopic (exact) mass is 316 g/mol. The van der Waals surface area contributed by atoms with E-state index < -0.39 is 0 Å². The number of likely N-dealkylation sites (tertiary alicyclic amines) is 1. The molecule has 0 atom stereocenters. The Morgan fingerprint density at radius 1 is 1.22 bits per heavy atom. The van der Waals surface area contributed by atoms with Crippen LogP contribution in [0.4, 0.5) is 0 Å². The van der Waals surface area contributed by atoms with Gasteiger partial charge in [0, 0.05) is 44.1 Å². The molecule has 23 heavy (non-hydrogen) atoms. The van der Waals surface area contributed by atoms with E-state index in [4.69, 9.17) is 0 Å². The molecule has 2 aromatic heterocycles. The van der Waals surface area contributed by atoms with Crippen LogP contribution in [-0.4, -0.2) is 42.8 Å². The van der Waals surface area contributed by atoms with E-state index in [1.807, 2.05) is 13.1 Å². The first-order valence-corrected chi connectivity index (χ1v) is 7.97. The molecule has 7 nitrogen and oxygen atoms in total. The maximum Gasteiger partial charge on any atom is 0.266 e. The molecule has 0 bridgehead atoms. The van der Waals surface area contributed by atoms with Crippen molar-refractivity contribution < 1.29 is 0 Å². The molecule has 0 unspecified atom stereocenters. The van der Waals surface area contributed by atoms with Gasteiger partial charge in [-0.1, -0.05) is 20.8 Å². The molecule has 3 heterocycles. The largest absolute Gasteiger partial charge is 0.297 e. The fraction of sp³-hybridized carbons (Fsp3) is 0.625. The molecule has 0 N–H and O–H groups in total. The van der Waals surface area contributed by atoms with E-state index in [9.17, 15) is 4.79 Å². The highest BCUT2D eigenvalue weighted by Gasteiger charge is 2.28. The molecular formula is C16H24N6O. The van der Waals surface area contributed by atoms with Crippen molar-refractivity contribution in [3.63, 3.8) is 0 Å². The quantitative estimate of drug-likeness (QED) is 0.834. The highest BCUT2D eigenvalue weighted by atomic mass is 16.1. The zero-order valence-corrected chi connectivity index (χ0v) is 14.2. The van der Waals surface area contributed by atoms with E-state index >= 15 is 0 Å². The maximum absolute atomic E-state index is 12.0. The molecule has 124 valence electrons. The minimum Gasteiger partial charge on any atom is -0.297 e. The SMILES string of the molecule is Cn1ncc(CN2CC(Cn3nc(C(C)(C)C)ccc3=O)C2)n1. The Bertz CT molecular complexity index is 736. The Morgan fingerprint density at radius 3 is 2.57 bits per heavy atom. The van der Waals surface area contributed by atoms with Crippen molar-refractivity contribution in [2.45, 2.75) is 39.3 Å². The lowest BCUT2D eigenvalue weighted by atomic mass is 9.92. The molecule has 0 aliphatic carbocycles. The van der Waals surface area contributed by atoms with Gasteiger partial charge >= 0.3 is 0 Å². The number of nitrogens with zero attached hydrogens (tertiary/aromatic N) is 6. The van der Waals surface area contributed by atoms with E-state index in [2.05, 4.69) is 41.0 Å². The van der Waals surface area contributed by atoms with Crippen molar-refractivity contribution in [3.8, 4) is 0 Å². The topological polar surface area (TPSA) is 68.8 Å². The van der Waals surface area contributed by atoms with E-state index in [-0.39, 0.29) is 11.0 Å². The van der Waals surface area contributed by atoms with Crippen molar-refractivity contribution in [1.29, 1.82) is 0 Å². The zero-order chi connectivity index (χ0) is 16.6. The smallest absolute Gasteiger partial charge is 0.266 e. The number of hydrogen-bond donors (Lipinski definition) is 0. The first-order chi connectivity index (χ1) is 10.8. The maximum atomic E-state index is 12.0. The van der Waals surface area contributed by atoms with Crippen molar-refractivity contribution in [3.05, 3.63) is 40.1 Å². The molecule has 3 rings (SSSR count). The predicted molar refractivity (Wildman–Crippen MR) is 87.0 cm³/mol. The Morgan fingerprint density at radius 2 is 1.96 bits per heavy atom. The molecule has 1 fully saturated rings. The van der Waals surface area contributed by atoms with Gasteiger partial charge < -0.3 is 0 Å². The van der Waals surface area contributed by atoms with Crippen LogP contribution < -0.4 is 5.56 Å². The first-order valence-electron chi connectivity index (χ1n) is 7.97. The van der Waals surface area contributed by atoms with Gasteiger partial charge in [-0.3, -0.25) is 9.69 Å². The summed E-state index contributed by atoms with van der Waals surface area (Å²) in [5, 5.41) is 12.9. The van der Waals surface area contributed by atoms with Gasteiger partial charge in [0.15, 0.2) is 0 Å². The van der Waals surface area contributed by atoms with Crippen LogP contribution in [0.2, 0.25) is 0 Å². The van der Waals surface area contributed by atoms with Crippen LogP contribution in [0, 0.1) is 5.92 Å². The fourth-order valence-corrected chi connectivity index (χ4v) is 2.83. The summed E-state index contributed by atoms with van der Waals surface area (Å²) in [5.74, 6) is 0.465. The fourth-order valence-electron chi connectivity index (χ4n) is 2.83. The molecule has 1 saturated heterocycles. The predicted octanol–water partition coefficient (Wildman–Crippen LogP) is 0.801. The van der Waals surface area contributed by atoms with Gasteiger partial charge in [-0.05, 0) is 6.07 Å². The third-order valence-electron chi connectivity index (χ3n) is 4.13. The highest BCUT2D eigenvalue weighted by Crippen LogP contribution is 2.20. The highest BCUT2D eigenvalue weighted by molar-refractivity contribution is 5.10. The number of aryl methyl sites for hydroxylation is 1. The van der Waals surface area contributed by atoms with Gasteiger partial charge in [-0.25, -0.2) is 4.68 Å². The number of rotatable bonds is 4. The first kappa shape index (κ1) is 15.9. The van der Waals surface area contributed by atoms with Crippen molar-refractivity contribution in [2.24, 2.45) is 13.0 Å². The molecule has 0 saturated carbocycles. The van der Waals surface area contributed by atoms with Crippen LogP contribution in [0.1, 0.15) is 32.2 Å². The van der Waals surface area contributed by atoms with Crippen LogP contribution in [0.25, 0.3) is 0 Å². The summed E-state index contributed by atoms with van der Waals surface area (Å²) in [6, 6.07) is 3.46. The standard InChI is InChI=1S/C16H24N6O/c1-16(2,3)14-5-6-15(23)22(19-14)10-12-8-21(9-12)11-13-7-17-20(4)18-13/h5-7,12H,8-11H2,1-4H3. The van der Waals surface area contributed by atoms with Crippen molar-refractivity contribution in [1.82, 2.24) is 29.7 Å². The van der Waals surface area contributed by atoms with E-state index in [1.165, 1.54) is 0 Å². The van der Waals surface area contributed by atoms with Crippen LogP contribution in [-0.2, 0) is 25.6 Å². The molecule has 0 radical (unpaired) electrons. The number of hydrogen-bond acceptors (Lipinski definition) is 5. The summed E-state index contributed by atoms with van der Waals surface area (Å²) >= 11 is 0. The second-order valence-electron chi connectivity index (χ2n) is 7.37. The molecular weight excluding hydrogens is 292 g/mol. The summed E-state index contributed by atoms with van der Waals surface area (Å²) < 4.78 is 1.62. The summed E-state index contributed by atoms with van der Waals surface area (Å²) in [4.78, 5) is 15.9.